The van der Waals surface area contributed by atoms with Gasteiger partial charge in [0.1, 0.15) is 12.2 Å². The standard InChI is InChI=1S/C23H26N4O2/c1-3-27-21-10-9-18(13-20(21)24-16(2)23(27)29)22(28)25-19-11-12-26(15-19)14-17-7-5-4-6-8-17/h4-10,13,19H,3,11-12,14-15H2,1-2H3,(H,25,28)/p+1/t19-/m1/s1. The van der Waals surface area contributed by atoms with Crippen LogP contribution in [0.5, 0.6) is 0 Å². The Morgan fingerprint density at radius 3 is 2.79 bits per heavy atom. The van der Waals surface area contributed by atoms with Crippen molar-refractivity contribution < 1.29 is 9.69 Å². The number of amides is 1. The fourth-order valence-electron chi connectivity index (χ4n) is 4.20. The molecule has 6 heteroatoms. The molecule has 0 bridgehead atoms. The normalized spacial score (nSPS) is 18.8. The lowest BCUT2D eigenvalue weighted by Gasteiger charge is -2.15. The molecule has 1 saturated heterocycles. The van der Waals surface area contributed by atoms with E-state index in [0.717, 1.165) is 31.6 Å². The van der Waals surface area contributed by atoms with Crippen LogP contribution in [0.15, 0.2) is 53.3 Å². The Balaban J connectivity index is 1.45. The van der Waals surface area contributed by atoms with Crippen LogP contribution in [-0.4, -0.2) is 34.6 Å². The zero-order chi connectivity index (χ0) is 20.4. The third-order valence-corrected chi connectivity index (χ3v) is 5.70. The van der Waals surface area contributed by atoms with Gasteiger partial charge in [-0.15, -0.1) is 0 Å². The Kier molecular flexibility index (Phi) is 5.45. The molecule has 6 nitrogen and oxygen atoms in total. The first-order valence-corrected chi connectivity index (χ1v) is 10.2. The second-order valence-corrected chi connectivity index (χ2v) is 7.78. The zero-order valence-corrected chi connectivity index (χ0v) is 16.9. The number of hydrogen-bond acceptors (Lipinski definition) is 3. The first-order valence-electron chi connectivity index (χ1n) is 10.2. The summed E-state index contributed by atoms with van der Waals surface area (Å²) < 4.78 is 1.70. The SMILES string of the molecule is CCn1c(=O)c(C)nc2cc(C(=O)N[C@@H]3CC[NH+](Cc4ccccc4)C3)ccc21. The van der Waals surface area contributed by atoms with Gasteiger partial charge in [-0.3, -0.25) is 9.59 Å². The third-order valence-electron chi connectivity index (χ3n) is 5.70. The summed E-state index contributed by atoms with van der Waals surface area (Å²) in [6, 6.07) is 16.0. The fourth-order valence-corrected chi connectivity index (χ4v) is 4.20. The molecule has 1 aliphatic rings. The number of nitrogens with zero attached hydrogens (tertiary/aromatic N) is 2. The Labute approximate surface area is 170 Å². The van der Waals surface area contributed by atoms with Gasteiger partial charge in [0.05, 0.1) is 30.2 Å². The van der Waals surface area contributed by atoms with Crippen LogP contribution in [0.4, 0.5) is 0 Å². The van der Waals surface area contributed by atoms with Crippen LogP contribution >= 0.6 is 0 Å². The van der Waals surface area contributed by atoms with Gasteiger partial charge in [-0.2, -0.15) is 0 Å². The van der Waals surface area contributed by atoms with E-state index in [1.165, 1.54) is 10.5 Å². The molecule has 1 fully saturated rings. The molecule has 2 atom stereocenters. The molecule has 2 heterocycles. The smallest absolute Gasteiger partial charge is 0.272 e. The molecular formula is C23H27N4O2+. The van der Waals surface area contributed by atoms with Crippen LogP contribution in [-0.2, 0) is 13.1 Å². The predicted octanol–water partition coefficient (Wildman–Crippen LogP) is 1.31. The number of nitrogens with one attached hydrogen (secondary N) is 2. The van der Waals surface area contributed by atoms with Crippen molar-refractivity contribution in [2.75, 3.05) is 13.1 Å². The lowest BCUT2D eigenvalue weighted by atomic mass is 10.1. The van der Waals surface area contributed by atoms with Gasteiger partial charge < -0.3 is 14.8 Å². The van der Waals surface area contributed by atoms with E-state index in [0.29, 0.717) is 23.3 Å². The number of carbonyl (C=O) groups excluding carboxylic acids is 1. The minimum atomic E-state index is -0.0790. The number of carbonyl (C=O) groups is 1. The summed E-state index contributed by atoms with van der Waals surface area (Å²) in [4.78, 5) is 30.9. The highest BCUT2D eigenvalue weighted by Gasteiger charge is 2.27. The molecule has 3 aromatic rings. The largest absolute Gasteiger partial charge is 0.343 e. The summed E-state index contributed by atoms with van der Waals surface area (Å²) >= 11 is 0. The van der Waals surface area contributed by atoms with E-state index in [1.54, 1.807) is 23.6 Å². The van der Waals surface area contributed by atoms with Crippen LogP contribution < -0.4 is 15.8 Å². The van der Waals surface area contributed by atoms with Gasteiger partial charge >= 0.3 is 0 Å². The van der Waals surface area contributed by atoms with E-state index in [1.807, 2.05) is 19.1 Å². The van der Waals surface area contributed by atoms with Crippen molar-refractivity contribution in [3.63, 3.8) is 0 Å². The maximum atomic E-state index is 12.8. The van der Waals surface area contributed by atoms with Crippen LogP contribution in [0.25, 0.3) is 11.0 Å². The summed E-state index contributed by atoms with van der Waals surface area (Å²) in [5, 5.41) is 3.17. The summed E-state index contributed by atoms with van der Waals surface area (Å²) in [5.41, 5.74) is 3.73. The van der Waals surface area contributed by atoms with Gasteiger partial charge in [0.15, 0.2) is 0 Å². The lowest BCUT2D eigenvalue weighted by molar-refractivity contribution is -0.901. The third kappa shape index (κ3) is 4.07. The highest BCUT2D eigenvalue weighted by molar-refractivity contribution is 5.97. The van der Waals surface area contributed by atoms with Crippen LogP contribution in [0.2, 0.25) is 0 Å². The molecule has 1 amide bonds. The summed E-state index contributed by atoms with van der Waals surface area (Å²) in [6.07, 6.45) is 0.980. The second-order valence-electron chi connectivity index (χ2n) is 7.78. The maximum absolute atomic E-state index is 12.8. The second kappa shape index (κ2) is 8.17. The quantitative estimate of drug-likeness (QED) is 0.689. The number of rotatable bonds is 5. The van der Waals surface area contributed by atoms with E-state index in [9.17, 15) is 9.59 Å². The highest BCUT2D eigenvalue weighted by atomic mass is 16.1. The molecule has 1 aliphatic heterocycles. The number of likely N-dealkylation sites (tertiary alicyclic amines) is 1. The summed E-state index contributed by atoms with van der Waals surface area (Å²) in [6.45, 7) is 7.20. The van der Waals surface area contributed by atoms with Crippen molar-refractivity contribution in [3.05, 3.63) is 75.7 Å². The monoisotopic (exact) mass is 391 g/mol. The van der Waals surface area contributed by atoms with Gasteiger partial charge in [-0.05, 0) is 32.0 Å². The van der Waals surface area contributed by atoms with Gasteiger partial charge in [0, 0.05) is 24.1 Å². The Hall–Kier alpha value is -2.99. The first-order chi connectivity index (χ1) is 14.0. The van der Waals surface area contributed by atoms with Crippen molar-refractivity contribution in [2.45, 2.75) is 39.4 Å². The number of quaternary nitrogens is 1. The molecule has 29 heavy (non-hydrogen) atoms. The molecule has 2 N–H and O–H groups in total. The van der Waals surface area contributed by atoms with Gasteiger partial charge in [-0.1, -0.05) is 30.3 Å². The van der Waals surface area contributed by atoms with E-state index in [-0.39, 0.29) is 17.5 Å². The van der Waals surface area contributed by atoms with E-state index in [2.05, 4.69) is 34.6 Å². The highest BCUT2D eigenvalue weighted by Crippen LogP contribution is 2.14. The molecule has 0 aliphatic carbocycles. The number of benzene rings is 2. The predicted molar refractivity (Wildman–Crippen MR) is 113 cm³/mol. The maximum Gasteiger partial charge on any atom is 0.272 e. The van der Waals surface area contributed by atoms with E-state index < -0.39 is 0 Å². The van der Waals surface area contributed by atoms with Gasteiger partial charge in [-0.25, -0.2) is 4.98 Å². The number of fused-ring (bicyclic) bond motifs is 1. The van der Waals surface area contributed by atoms with E-state index >= 15 is 0 Å². The molecule has 1 aromatic heterocycles. The average molecular weight is 391 g/mol. The Morgan fingerprint density at radius 2 is 2.03 bits per heavy atom. The molecule has 2 aromatic carbocycles. The van der Waals surface area contributed by atoms with Crippen molar-refractivity contribution in [2.24, 2.45) is 0 Å². The van der Waals surface area contributed by atoms with Crippen LogP contribution in [0.3, 0.4) is 0 Å². The minimum absolute atomic E-state index is 0.0773. The van der Waals surface area contributed by atoms with Crippen molar-refractivity contribution in [3.8, 4) is 0 Å². The van der Waals surface area contributed by atoms with Gasteiger partial charge in [0.2, 0.25) is 0 Å². The van der Waals surface area contributed by atoms with Crippen LogP contribution in [0, 0.1) is 6.92 Å². The van der Waals surface area contributed by atoms with Crippen molar-refractivity contribution >= 4 is 16.9 Å². The lowest BCUT2D eigenvalue weighted by Crippen LogP contribution is -3.09. The molecule has 150 valence electrons. The van der Waals surface area contributed by atoms with E-state index in [4.69, 9.17) is 0 Å². The number of aromatic nitrogens is 2. The summed E-state index contributed by atoms with van der Waals surface area (Å²) in [7, 11) is 0. The average Bonchev–Trinajstić information content (AvgIpc) is 3.16. The van der Waals surface area contributed by atoms with Crippen molar-refractivity contribution in [1.82, 2.24) is 14.9 Å². The Bertz CT molecular complexity index is 1090. The molecule has 0 saturated carbocycles. The Morgan fingerprint density at radius 1 is 1.24 bits per heavy atom. The molecule has 0 radical (unpaired) electrons. The number of hydrogen-bond donors (Lipinski definition) is 2. The number of aryl methyl sites for hydroxylation is 2. The molecule has 1 unspecified atom stereocenters. The van der Waals surface area contributed by atoms with Crippen LogP contribution in [0.1, 0.15) is 35.0 Å². The zero-order valence-electron chi connectivity index (χ0n) is 16.9. The van der Waals surface area contributed by atoms with Crippen molar-refractivity contribution in [1.29, 1.82) is 0 Å². The first kappa shape index (κ1) is 19.3. The summed E-state index contributed by atoms with van der Waals surface area (Å²) in [5.74, 6) is -0.0773. The minimum Gasteiger partial charge on any atom is -0.343 e. The fraction of sp³-hybridized carbons (Fsp3) is 0.348. The topological polar surface area (TPSA) is 68.4 Å². The molecular weight excluding hydrogens is 364 g/mol. The molecule has 0 spiro atoms. The molecule has 4 rings (SSSR count). The van der Waals surface area contributed by atoms with Gasteiger partial charge in [0.25, 0.3) is 11.5 Å².